The van der Waals surface area contributed by atoms with E-state index in [1.807, 2.05) is 17.0 Å². The Kier molecular flexibility index (Phi) is 4.73. The third-order valence-electron chi connectivity index (χ3n) is 3.55. The minimum atomic E-state index is 0. The highest BCUT2D eigenvalue weighted by atomic mass is 35.5. The lowest BCUT2D eigenvalue weighted by atomic mass is 10.1. The quantitative estimate of drug-likeness (QED) is 0.849. The van der Waals surface area contributed by atoms with Gasteiger partial charge in [-0.15, -0.1) is 12.4 Å². The van der Waals surface area contributed by atoms with Crippen LogP contribution in [0.15, 0.2) is 18.2 Å². The predicted octanol–water partition coefficient (Wildman–Crippen LogP) is 1.31. The fourth-order valence-corrected chi connectivity index (χ4v) is 2.48. The van der Waals surface area contributed by atoms with E-state index in [0.29, 0.717) is 24.5 Å². The molecule has 5 nitrogen and oxygen atoms in total. The number of ether oxygens (including phenoxy) is 2. The van der Waals surface area contributed by atoms with Crippen LogP contribution in [0, 0.1) is 0 Å². The average molecular weight is 299 g/mol. The molecule has 1 saturated heterocycles. The number of carbonyl (C=O) groups excluding carboxylic acids is 1. The lowest BCUT2D eigenvalue weighted by Crippen LogP contribution is -2.52. The molecule has 3 rings (SSSR count). The standard InChI is InChI=1S/C14H18N2O3.ClH/c1-10-9-15-4-5-16(10)14(17)11-2-3-12-13(8-11)19-7-6-18-12;/h2-3,8,10,15H,4-7,9H2,1H3;1H/t10-;/m1./s1. The topological polar surface area (TPSA) is 50.8 Å². The first-order chi connectivity index (χ1) is 9.25. The van der Waals surface area contributed by atoms with Crippen molar-refractivity contribution in [2.24, 2.45) is 0 Å². The maximum absolute atomic E-state index is 12.5. The van der Waals surface area contributed by atoms with E-state index in [4.69, 9.17) is 9.47 Å². The summed E-state index contributed by atoms with van der Waals surface area (Å²) in [6.45, 7) is 5.59. The molecule has 1 aromatic rings. The lowest BCUT2D eigenvalue weighted by Gasteiger charge is -2.34. The van der Waals surface area contributed by atoms with Gasteiger partial charge < -0.3 is 19.7 Å². The maximum Gasteiger partial charge on any atom is 0.254 e. The molecule has 1 atom stereocenters. The number of carbonyl (C=O) groups is 1. The van der Waals surface area contributed by atoms with Crippen molar-refractivity contribution in [3.05, 3.63) is 23.8 Å². The van der Waals surface area contributed by atoms with Crippen LogP contribution in [0.3, 0.4) is 0 Å². The van der Waals surface area contributed by atoms with Crippen LogP contribution in [0.2, 0.25) is 0 Å². The van der Waals surface area contributed by atoms with Crippen LogP contribution in [-0.2, 0) is 0 Å². The average Bonchev–Trinajstić information content (AvgIpc) is 2.46. The molecule has 6 heteroatoms. The van der Waals surface area contributed by atoms with Gasteiger partial charge in [-0.05, 0) is 25.1 Å². The molecule has 1 amide bonds. The maximum atomic E-state index is 12.5. The highest BCUT2D eigenvalue weighted by Crippen LogP contribution is 2.31. The van der Waals surface area contributed by atoms with Gasteiger partial charge in [-0.1, -0.05) is 0 Å². The summed E-state index contributed by atoms with van der Waals surface area (Å²) in [6.07, 6.45) is 0. The second-order valence-electron chi connectivity index (χ2n) is 4.91. The molecule has 0 aromatic heterocycles. The molecular formula is C14H19ClN2O3. The summed E-state index contributed by atoms with van der Waals surface area (Å²) < 4.78 is 11.0. The molecule has 0 aliphatic carbocycles. The third kappa shape index (κ3) is 2.83. The molecular weight excluding hydrogens is 280 g/mol. The molecule has 0 bridgehead atoms. The van der Waals surface area contributed by atoms with Crippen molar-refractivity contribution < 1.29 is 14.3 Å². The van der Waals surface area contributed by atoms with Crippen LogP contribution < -0.4 is 14.8 Å². The van der Waals surface area contributed by atoms with Gasteiger partial charge in [-0.25, -0.2) is 0 Å². The van der Waals surface area contributed by atoms with Crippen molar-refractivity contribution in [3.63, 3.8) is 0 Å². The lowest BCUT2D eigenvalue weighted by molar-refractivity contribution is 0.0654. The number of halogens is 1. The molecule has 0 radical (unpaired) electrons. The summed E-state index contributed by atoms with van der Waals surface area (Å²) in [5, 5.41) is 3.28. The van der Waals surface area contributed by atoms with Gasteiger partial charge in [-0.2, -0.15) is 0 Å². The van der Waals surface area contributed by atoms with Gasteiger partial charge >= 0.3 is 0 Å². The van der Waals surface area contributed by atoms with Crippen molar-refractivity contribution in [3.8, 4) is 11.5 Å². The second-order valence-corrected chi connectivity index (χ2v) is 4.91. The number of rotatable bonds is 1. The van der Waals surface area contributed by atoms with Gasteiger partial charge in [0.2, 0.25) is 0 Å². The van der Waals surface area contributed by atoms with E-state index in [0.717, 1.165) is 25.4 Å². The first-order valence-corrected chi connectivity index (χ1v) is 6.67. The molecule has 1 aromatic carbocycles. The van der Waals surface area contributed by atoms with E-state index in [1.54, 1.807) is 6.07 Å². The highest BCUT2D eigenvalue weighted by Gasteiger charge is 2.25. The molecule has 20 heavy (non-hydrogen) atoms. The Hall–Kier alpha value is -1.46. The second kappa shape index (κ2) is 6.33. The Morgan fingerprint density at radius 1 is 1.30 bits per heavy atom. The summed E-state index contributed by atoms with van der Waals surface area (Å²) >= 11 is 0. The van der Waals surface area contributed by atoms with Gasteiger partial charge in [0.05, 0.1) is 0 Å². The van der Waals surface area contributed by atoms with Crippen molar-refractivity contribution in [2.45, 2.75) is 13.0 Å². The van der Waals surface area contributed by atoms with E-state index in [2.05, 4.69) is 12.2 Å². The number of hydrogen-bond acceptors (Lipinski definition) is 4. The van der Waals surface area contributed by atoms with Gasteiger partial charge in [0.25, 0.3) is 5.91 Å². The Bertz CT molecular complexity index is 495. The summed E-state index contributed by atoms with van der Waals surface area (Å²) in [5.74, 6) is 1.45. The van der Waals surface area contributed by atoms with Crippen LogP contribution >= 0.6 is 12.4 Å². The molecule has 110 valence electrons. The monoisotopic (exact) mass is 298 g/mol. The van der Waals surface area contributed by atoms with Gasteiger partial charge in [-0.3, -0.25) is 4.79 Å². The summed E-state index contributed by atoms with van der Waals surface area (Å²) in [6, 6.07) is 5.62. The molecule has 1 fully saturated rings. The smallest absolute Gasteiger partial charge is 0.254 e. The third-order valence-corrected chi connectivity index (χ3v) is 3.55. The van der Waals surface area contributed by atoms with Gasteiger partial charge in [0.1, 0.15) is 13.2 Å². The molecule has 0 unspecified atom stereocenters. The number of hydrogen-bond donors (Lipinski definition) is 1. The molecule has 2 heterocycles. The van der Waals surface area contributed by atoms with E-state index in [1.165, 1.54) is 0 Å². The minimum absolute atomic E-state index is 0. The minimum Gasteiger partial charge on any atom is -0.486 e. The molecule has 0 saturated carbocycles. The Labute approximate surface area is 124 Å². The number of benzene rings is 1. The highest BCUT2D eigenvalue weighted by molar-refractivity contribution is 5.95. The number of amides is 1. The molecule has 1 N–H and O–H groups in total. The van der Waals surface area contributed by atoms with Crippen molar-refractivity contribution >= 4 is 18.3 Å². The zero-order chi connectivity index (χ0) is 13.2. The zero-order valence-corrected chi connectivity index (χ0v) is 12.2. The summed E-state index contributed by atoms with van der Waals surface area (Å²) in [7, 11) is 0. The first kappa shape index (κ1) is 14.9. The SMILES string of the molecule is C[C@@H]1CNCCN1C(=O)c1ccc2c(c1)OCCO2.Cl. The predicted molar refractivity (Wildman–Crippen MR) is 78.0 cm³/mol. The van der Waals surface area contributed by atoms with Crippen LogP contribution in [0.1, 0.15) is 17.3 Å². The first-order valence-electron chi connectivity index (χ1n) is 6.67. The number of piperazine rings is 1. The van der Waals surface area contributed by atoms with E-state index in [-0.39, 0.29) is 24.4 Å². The Balaban J connectivity index is 0.00000147. The van der Waals surface area contributed by atoms with Crippen molar-refractivity contribution in [1.29, 1.82) is 0 Å². The van der Waals surface area contributed by atoms with Crippen LogP contribution in [-0.4, -0.2) is 49.7 Å². The Morgan fingerprint density at radius 2 is 2.05 bits per heavy atom. The van der Waals surface area contributed by atoms with Gasteiger partial charge in [0.15, 0.2) is 11.5 Å². The molecule has 0 spiro atoms. The van der Waals surface area contributed by atoms with E-state index in [9.17, 15) is 4.79 Å². The van der Waals surface area contributed by atoms with Gasteiger partial charge in [0, 0.05) is 31.2 Å². The van der Waals surface area contributed by atoms with E-state index >= 15 is 0 Å². The fourth-order valence-electron chi connectivity index (χ4n) is 2.48. The normalized spacial score (nSPS) is 21.1. The van der Waals surface area contributed by atoms with Crippen LogP contribution in [0.25, 0.3) is 0 Å². The number of nitrogens with zero attached hydrogens (tertiary/aromatic N) is 1. The molecule has 2 aliphatic rings. The van der Waals surface area contributed by atoms with E-state index < -0.39 is 0 Å². The fraction of sp³-hybridized carbons (Fsp3) is 0.500. The van der Waals surface area contributed by atoms with Crippen LogP contribution in [0.5, 0.6) is 11.5 Å². The molecule has 2 aliphatic heterocycles. The Morgan fingerprint density at radius 3 is 2.80 bits per heavy atom. The van der Waals surface area contributed by atoms with Crippen LogP contribution in [0.4, 0.5) is 0 Å². The number of nitrogens with one attached hydrogen (secondary N) is 1. The van der Waals surface area contributed by atoms with Crippen molar-refractivity contribution in [2.75, 3.05) is 32.8 Å². The largest absolute Gasteiger partial charge is 0.486 e. The summed E-state index contributed by atoms with van der Waals surface area (Å²) in [5.41, 5.74) is 0.665. The van der Waals surface area contributed by atoms with Crippen molar-refractivity contribution in [1.82, 2.24) is 10.2 Å². The number of fused-ring (bicyclic) bond motifs is 1. The zero-order valence-electron chi connectivity index (χ0n) is 11.4. The summed E-state index contributed by atoms with van der Waals surface area (Å²) in [4.78, 5) is 14.4.